The molecule has 0 bridgehead atoms. The SMILES string of the molecule is C=Cc1ccc(C(=O)OCCS(=O)(=O)C2CCCCC2)cc1. The van der Waals surface area contributed by atoms with Gasteiger partial charge in [0.25, 0.3) is 0 Å². The van der Waals surface area contributed by atoms with Crippen LogP contribution in [-0.4, -0.2) is 32.0 Å². The fourth-order valence-corrected chi connectivity index (χ4v) is 4.38. The molecule has 1 aliphatic carbocycles. The summed E-state index contributed by atoms with van der Waals surface area (Å²) in [6.45, 7) is 3.56. The molecule has 0 atom stereocenters. The van der Waals surface area contributed by atoms with Crippen LogP contribution in [0.1, 0.15) is 48.0 Å². The summed E-state index contributed by atoms with van der Waals surface area (Å²) >= 11 is 0. The molecule has 0 spiro atoms. The number of hydrogen-bond donors (Lipinski definition) is 0. The third kappa shape index (κ3) is 4.44. The van der Waals surface area contributed by atoms with Crippen LogP contribution in [0, 0.1) is 0 Å². The maximum absolute atomic E-state index is 12.2. The van der Waals surface area contributed by atoms with Crippen LogP contribution >= 0.6 is 0 Å². The van der Waals surface area contributed by atoms with Crippen LogP contribution < -0.4 is 0 Å². The van der Waals surface area contributed by atoms with Gasteiger partial charge in [0.1, 0.15) is 6.61 Å². The molecular formula is C17H22O4S. The van der Waals surface area contributed by atoms with Crippen molar-refractivity contribution in [1.29, 1.82) is 0 Å². The van der Waals surface area contributed by atoms with Gasteiger partial charge in [0.05, 0.1) is 16.6 Å². The van der Waals surface area contributed by atoms with Crippen molar-refractivity contribution in [2.45, 2.75) is 37.4 Å². The van der Waals surface area contributed by atoms with Crippen LogP contribution in [0.3, 0.4) is 0 Å². The van der Waals surface area contributed by atoms with E-state index in [1.54, 1.807) is 30.3 Å². The summed E-state index contributed by atoms with van der Waals surface area (Å²) in [5.41, 5.74) is 1.33. The minimum Gasteiger partial charge on any atom is -0.461 e. The van der Waals surface area contributed by atoms with Gasteiger partial charge in [0.15, 0.2) is 9.84 Å². The highest BCUT2D eigenvalue weighted by molar-refractivity contribution is 7.92. The average Bonchev–Trinajstić information content (AvgIpc) is 2.55. The van der Waals surface area contributed by atoms with E-state index in [4.69, 9.17) is 4.74 Å². The molecular weight excluding hydrogens is 300 g/mol. The molecule has 1 aromatic carbocycles. The van der Waals surface area contributed by atoms with Crippen LogP contribution in [0.25, 0.3) is 6.08 Å². The molecule has 0 unspecified atom stereocenters. The fourth-order valence-electron chi connectivity index (χ4n) is 2.68. The van der Waals surface area contributed by atoms with E-state index in [9.17, 15) is 13.2 Å². The van der Waals surface area contributed by atoms with Gasteiger partial charge >= 0.3 is 5.97 Å². The Balaban J connectivity index is 1.84. The number of ether oxygens (including phenoxy) is 1. The lowest BCUT2D eigenvalue weighted by Crippen LogP contribution is -2.28. The van der Waals surface area contributed by atoms with Crippen molar-refractivity contribution in [3.63, 3.8) is 0 Å². The minimum atomic E-state index is -3.16. The number of benzene rings is 1. The predicted octanol–water partition coefficient (Wildman–Crippen LogP) is 3.23. The van der Waals surface area contributed by atoms with Gasteiger partial charge in [-0.1, -0.05) is 44.1 Å². The van der Waals surface area contributed by atoms with Gasteiger partial charge < -0.3 is 4.74 Å². The fraction of sp³-hybridized carbons (Fsp3) is 0.471. The van der Waals surface area contributed by atoms with Gasteiger partial charge in [0, 0.05) is 0 Å². The Labute approximate surface area is 132 Å². The Kier molecular flexibility index (Phi) is 5.77. The number of sulfone groups is 1. The zero-order valence-corrected chi connectivity index (χ0v) is 13.5. The molecule has 1 fully saturated rings. The van der Waals surface area contributed by atoms with E-state index in [-0.39, 0.29) is 17.6 Å². The zero-order chi connectivity index (χ0) is 16.0. The molecule has 0 heterocycles. The lowest BCUT2D eigenvalue weighted by molar-refractivity contribution is 0.0529. The molecule has 120 valence electrons. The molecule has 1 saturated carbocycles. The van der Waals surface area contributed by atoms with Crippen molar-refractivity contribution >= 4 is 21.9 Å². The molecule has 0 aromatic heterocycles. The van der Waals surface area contributed by atoms with E-state index in [1.807, 2.05) is 0 Å². The third-order valence-corrected chi connectivity index (χ3v) is 6.27. The molecule has 0 radical (unpaired) electrons. The second kappa shape index (κ2) is 7.58. The first kappa shape index (κ1) is 16.7. The first-order valence-corrected chi connectivity index (χ1v) is 9.35. The van der Waals surface area contributed by atoms with Crippen molar-refractivity contribution in [3.05, 3.63) is 42.0 Å². The van der Waals surface area contributed by atoms with Crippen molar-refractivity contribution in [1.82, 2.24) is 0 Å². The molecule has 4 nitrogen and oxygen atoms in total. The van der Waals surface area contributed by atoms with Crippen LogP contribution in [-0.2, 0) is 14.6 Å². The van der Waals surface area contributed by atoms with Crippen LogP contribution in [0.2, 0.25) is 0 Å². The Bertz CT molecular complexity index is 611. The summed E-state index contributed by atoms with van der Waals surface area (Å²) in [7, 11) is -3.16. The van der Waals surface area contributed by atoms with Crippen LogP contribution in [0.5, 0.6) is 0 Å². The zero-order valence-electron chi connectivity index (χ0n) is 12.7. The first-order chi connectivity index (χ1) is 10.5. The van der Waals surface area contributed by atoms with Gasteiger partial charge in [-0.3, -0.25) is 0 Å². The molecule has 1 aliphatic rings. The predicted molar refractivity (Wildman–Crippen MR) is 87.5 cm³/mol. The van der Waals surface area contributed by atoms with Crippen molar-refractivity contribution in [3.8, 4) is 0 Å². The number of carbonyl (C=O) groups is 1. The standard InChI is InChI=1S/C17H22O4S/c1-2-14-8-10-15(11-9-14)17(18)21-12-13-22(19,20)16-6-4-3-5-7-16/h2,8-11,16H,1,3-7,12-13H2. The highest BCUT2D eigenvalue weighted by Gasteiger charge is 2.27. The number of esters is 1. The highest BCUT2D eigenvalue weighted by atomic mass is 32.2. The summed E-state index contributed by atoms with van der Waals surface area (Å²) in [5, 5.41) is -0.258. The molecule has 1 aromatic rings. The lowest BCUT2D eigenvalue weighted by atomic mass is 10.0. The normalized spacial score (nSPS) is 16.2. The molecule has 22 heavy (non-hydrogen) atoms. The topological polar surface area (TPSA) is 60.4 Å². The summed E-state index contributed by atoms with van der Waals surface area (Å²) in [4.78, 5) is 11.9. The monoisotopic (exact) mass is 322 g/mol. The largest absolute Gasteiger partial charge is 0.461 e. The second-order valence-corrected chi connectivity index (χ2v) is 7.99. The van der Waals surface area contributed by atoms with E-state index >= 15 is 0 Å². The van der Waals surface area contributed by atoms with E-state index in [0.29, 0.717) is 5.56 Å². The highest BCUT2D eigenvalue weighted by Crippen LogP contribution is 2.24. The minimum absolute atomic E-state index is 0.0825. The molecule has 0 saturated heterocycles. The Morgan fingerprint density at radius 3 is 2.41 bits per heavy atom. The van der Waals surface area contributed by atoms with Crippen molar-refractivity contribution in [2.24, 2.45) is 0 Å². The third-order valence-electron chi connectivity index (χ3n) is 4.04. The maximum Gasteiger partial charge on any atom is 0.338 e. The summed E-state index contributed by atoms with van der Waals surface area (Å²) in [6.07, 6.45) is 6.21. The van der Waals surface area contributed by atoms with E-state index in [1.165, 1.54) is 0 Å². The first-order valence-electron chi connectivity index (χ1n) is 7.64. The number of rotatable bonds is 6. The van der Waals surface area contributed by atoms with Crippen LogP contribution in [0.4, 0.5) is 0 Å². The molecule has 5 heteroatoms. The van der Waals surface area contributed by atoms with Gasteiger partial charge in [-0.05, 0) is 30.5 Å². The summed E-state index contributed by atoms with van der Waals surface area (Å²) in [6, 6.07) is 6.83. The Hall–Kier alpha value is -1.62. The summed E-state index contributed by atoms with van der Waals surface area (Å²) in [5.74, 6) is -0.580. The van der Waals surface area contributed by atoms with E-state index < -0.39 is 15.8 Å². The second-order valence-electron chi connectivity index (χ2n) is 5.59. The maximum atomic E-state index is 12.2. The molecule has 2 rings (SSSR count). The van der Waals surface area contributed by atoms with Crippen LogP contribution in [0.15, 0.2) is 30.8 Å². The molecule has 0 aliphatic heterocycles. The Morgan fingerprint density at radius 2 is 1.82 bits per heavy atom. The number of hydrogen-bond acceptors (Lipinski definition) is 4. The van der Waals surface area contributed by atoms with Gasteiger partial charge in [0.2, 0.25) is 0 Å². The Morgan fingerprint density at radius 1 is 1.18 bits per heavy atom. The molecule has 0 N–H and O–H groups in total. The van der Waals surface area contributed by atoms with Gasteiger partial charge in [-0.15, -0.1) is 0 Å². The van der Waals surface area contributed by atoms with Crippen molar-refractivity contribution in [2.75, 3.05) is 12.4 Å². The van der Waals surface area contributed by atoms with Gasteiger partial charge in [-0.2, -0.15) is 0 Å². The van der Waals surface area contributed by atoms with Gasteiger partial charge in [-0.25, -0.2) is 13.2 Å². The number of carbonyl (C=O) groups excluding carboxylic acids is 1. The molecule has 0 amide bonds. The quantitative estimate of drug-likeness (QED) is 0.754. The van der Waals surface area contributed by atoms with E-state index in [2.05, 4.69) is 6.58 Å². The van der Waals surface area contributed by atoms with Crippen molar-refractivity contribution < 1.29 is 17.9 Å². The van der Waals surface area contributed by atoms with E-state index in [0.717, 1.165) is 37.7 Å². The lowest BCUT2D eigenvalue weighted by Gasteiger charge is -2.21. The average molecular weight is 322 g/mol. The smallest absolute Gasteiger partial charge is 0.338 e. The summed E-state index contributed by atoms with van der Waals surface area (Å²) < 4.78 is 29.5.